The van der Waals surface area contributed by atoms with Gasteiger partial charge in [-0.1, -0.05) is 17.7 Å². The molecule has 0 amide bonds. The molecule has 0 saturated heterocycles. The summed E-state index contributed by atoms with van der Waals surface area (Å²) in [6.07, 6.45) is -2.58. The van der Waals surface area contributed by atoms with Gasteiger partial charge in [-0.2, -0.15) is 0 Å². The van der Waals surface area contributed by atoms with Gasteiger partial charge in [0.2, 0.25) is 0 Å². The van der Waals surface area contributed by atoms with Crippen LogP contribution in [0, 0.1) is 0 Å². The largest absolute Gasteiger partial charge is 0.298 e. The van der Waals surface area contributed by atoms with Crippen molar-refractivity contribution in [1.82, 2.24) is 0 Å². The van der Waals surface area contributed by atoms with Gasteiger partial charge in [-0.05, 0) is 13.0 Å². The highest BCUT2D eigenvalue weighted by Gasteiger charge is 2.20. The molecular weight excluding hydrogens is 226 g/mol. The zero-order valence-electron chi connectivity index (χ0n) is 7.76. The van der Waals surface area contributed by atoms with Crippen molar-refractivity contribution < 1.29 is 18.4 Å². The number of carbonyl (C=O) groups excluding carboxylic acids is 2. The second-order valence-corrected chi connectivity index (χ2v) is 3.31. The van der Waals surface area contributed by atoms with Crippen LogP contribution >= 0.6 is 11.6 Å². The molecule has 0 N–H and O–H groups in total. The van der Waals surface area contributed by atoms with Gasteiger partial charge in [-0.3, -0.25) is 9.59 Å². The maximum atomic E-state index is 12.5. The number of ketones is 1. The number of hydrogen-bond donors (Lipinski definition) is 0. The van der Waals surface area contributed by atoms with Gasteiger partial charge in [-0.15, -0.1) is 0 Å². The quantitative estimate of drug-likeness (QED) is 0.592. The molecule has 5 heteroatoms. The van der Waals surface area contributed by atoms with E-state index in [0.29, 0.717) is 0 Å². The monoisotopic (exact) mass is 232 g/mol. The van der Waals surface area contributed by atoms with Gasteiger partial charge < -0.3 is 0 Å². The summed E-state index contributed by atoms with van der Waals surface area (Å²) in [5, 5.41) is 0.00833. The molecular formula is C10H7ClF2O2. The van der Waals surface area contributed by atoms with Crippen LogP contribution in [0.5, 0.6) is 0 Å². The Balaban J connectivity index is 3.54. The van der Waals surface area contributed by atoms with Crippen LogP contribution in [0.1, 0.15) is 39.6 Å². The fourth-order valence-corrected chi connectivity index (χ4v) is 1.58. The Kier molecular flexibility index (Phi) is 3.52. The number of benzene rings is 1. The molecule has 0 unspecified atom stereocenters. The van der Waals surface area contributed by atoms with Crippen molar-refractivity contribution >= 4 is 23.7 Å². The summed E-state index contributed by atoms with van der Waals surface area (Å²) in [7, 11) is 0. The van der Waals surface area contributed by atoms with Crippen LogP contribution in [0.2, 0.25) is 5.02 Å². The molecule has 0 fully saturated rings. The van der Waals surface area contributed by atoms with Crippen molar-refractivity contribution in [3.8, 4) is 0 Å². The van der Waals surface area contributed by atoms with Crippen molar-refractivity contribution in [3.63, 3.8) is 0 Å². The van der Waals surface area contributed by atoms with E-state index in [-0.39, 0.29) is 22.4 Å². The molecule has 1 rings (SSSR count). The normalized spacial score (nSPS) is 10.5. The smallest absolute Gasteiger partial charge is 0.264 e. The van der Waals surface area contributed by atoms with Crippen LogP contribution in [0.4, 0.5) is 8.78 Å². The average molecular weight is 233 g/mol. The van der Waals surface area contributed by atoms with Crippen LogP contribution in [-0.4, -0.2) is 12.1 Å². The highest BCUT2D eigenvalue weighted by Crippen LogP contribution is 2.29. The Morgan fingerprint density at radius 2 is 2.07 bits per heavy atom. The molecule has 1 aromatic carbocycles. The minimum absolute atomic E-state index is 0.00833. The Bertz CT molecular complexity index is 416. The van der Waals surface area contributed by atoms with E-state index in [1.807, 2.05) is 0 Å². The molecule has 0 aliphatic carbocycles. The first-order valence-corrected chi connectivity index (χ1v) is 4.43. The fourth-order valence-electron chi connectivity index (χ4n) is 1.28. The van der Waals surface area contributed by atoms with Gasteiger partial charge in [0, 0.05) is 16.7 Å². The second-order valence-electron chi connectivity index (χ2n) is 2.90. The van der Waals surface area contributed by atoms with E-state index < -0.39 is 17.8 Å². The van der Waals surface area contributed by atoms with E-state index >= 15 is 0 Å². The van der Waals surface area contributed by atoms with E-state index in [9.17, 15) is 18.4 Å². The van der Waals surface area contributed by atoms with Crippen LogP contribution in [0.15, 0.2) is 12.1 Å². The number of carbonyl (C=O) groups is 2. The lowest BCUT2D eigenvalue weighted by Gasteiger charge is -2.08. The molecule has 2 nitrogen and oxygen atoms in total. The van der Waals surface area contributed by atoms with E-state index in [4.69, 9.17) is 11.6 Å². The lowest BCUT2D eigenvalue weighted by atomic mass is 9.99. The molecule has 0 heterocycles. The molecule has 80 valence electrons. The minimum Gasteiger partial charge on any atom is -0.298 e. The average Bonchev–Trinajstić information content (AvgIpc) is 2.15. The lowest BCUT2D eigenvalue weighted by Crippen LogP contribution is -2.04. The van der Waals surface area contributed by atoms with Crippen LogP contribution in [0.3, 0.4) is 0 Å². The van der Waals surface area contributed by atoms with E-state index in [1.54, 1.807) is 0 Å². The molecule has 0 spiro atoms. The van der Waals surface area contributed by atoms with Crippen LogP contribution in [0.25, 0.3) is 0 Å². The standard InChI is InChI=1S/C10H7ClF2O2/c1-5(15)9-7(4-14)6(10(12)13)2-3-8(9)11/h2-4,10H,1H3. The van der Waals surface area contributed by atoms with Crippen molar-refractivity contribution in [2.24, 2.45) is 0 Å². The summed E-state index contributed by atoms with van der Waals surface area (Å²) in [6.45, 7) is 1.17. The van der Waals surface area contributed by atoms with E-state index in [0.717, 1.165) is 6.07 Å². The first-order valence-electron chi connectivity index (χ1n) is 4.05. The summed E-state index contributed by atoms with van der Waals surface area (Å²) in [4.78, 5) is 21.8. The summed E-state index contributed by atoms with van der Waals surface area (Å²) < 4.78 is 25.0. The van der Waals surface area contributed by atoms with Gasteiger partial charge >= 0.3 is 0 Å². The Hall–Kier alpha value is -1.29. The summed E-state index contributed by atoms with van der Waals surface area (Å²) >= 11 is 5.66. The summed E-state index contributed by atoms with van der Waals surface area (Å²) in [5.74, 6) is -0.510. The maximum absolute atomic E-state index is 12.5. The Labute approximate surface area is 89.8 Å². The number of Topliss-reactive ketones (excluding diaryl/α,β-unsaturated/α-hetero) is 1. The van der Waals surface area contributed by atoms with Gasteiger partial charge in [-0.25, -0.2) is 8.78 Å². The van der Waals surface area contributed by atoms with E-state index in [1.165, 1.54) is 13.0 Å². The van der Waals surface area contributed by atoms with Crippen molar-refractivity contribution in [1.29, 1.82) is 0 Å². The van der Waals surface area contributed by atoms with Crippen LogP contribution in [-0.2, 0) is 0 Å². The number of rotatable bonds is 3. The maximum Gasteiger partial charge on any atom is 0.264 e. The molecule has 15 heavy (non-hydrogen) atoms. The van der Waals surface area contributed by atoms with Crippen molar-refractivity contribution in [2.45, 2.75) is 13.3 Å². The third-order valence-corrected chi connectivity index (χ3v) is 2.25. The highest BCUT2D eigenvalue weighted by molar-refractivity contribution is 6.34. The second kappa shape index (κ2) is 4.49. The van der Waals surface area contributed by atoms with E-state index in [2.05, 4.69) is 0 Å². The Morgan fingerprint density at radius 1 is 1.47 bits per heavy atom. The van der Waals surface area contributed by atoms with Crippen molar-refractivity contribution in [2.75, 3.05) is 0 Å². The predicted molar refractivity (Wildman–Crippen MR) is 51.8 cm³/mol. The molecule has 0 atom stereocenters. The zero-order valence-corrected chi connectivity index (χ0v) is 8.52. The summed E-state index contributed by atoms with van der Waals surface area (Å²) in [6, 6.07) is 2.23. The Morgan fingerprint density at radius 3 is 2.47 bits per heavy atom. The minimum atomic E-state index is -2.81. The SMILES string of the molecule is CC(=O)c1c(Cl)ccc(C(F)F)c1C=O. The topological polar surface area (TPSA) is 34.1 Å². The molecule has 0 saturated carbocycles. The lowest BCUT2D eigenvalue weighted by molar-refractivity contribution is 0.100. The van der Waals surface area contributed by atoms with Crippen molar-refractivity contribution in [3.05, 3.63) is 33.8 Å². The van der Waals surface area contributed by atoms with Gasteiger partial charge in [0.15, 0.2) is 12.1 Å². The first-order chi connectivity index (χ1) is 6.99. The number of hydrogen-bond acceptors (Lipinski definition) is 2. The fraction of sp³-hybridized carbons (Fsp3) is 0.200. The van der Waals surface area contributed by atoms with Gasteiger partial charge in [0.05, 0.1) is 5.02 Å². The number of halogens is 3. The molecule has 0 aromatic heterocycles. The molecule has 0 bridgehead atoms. The molecule has 0 aliphatic heterocycles. The first kappa shape index (κ1) is 11.8. The summed E-state index contributed by atoms with van der Waals surface area (Å²) in [5.41, 5.74) is -0.950. The predicted octanol–water partition coefficient (Wildman–Crippen LogP) is 3.29. The number of aldehydes is 1. The van der Waals surface area contributed by atoms with Crippen LogP contribution < -0.4 is 0 Å². The number of alkyl halides is 2. The highest BCUT2D eigenvalue weighted by atomic mass is 35.5. The van der Waals surface area contributed by atoms with Gasteiger partial charge in [0.25, 0.3) is 6.43 Å². The molecule has 1 aromatic rings. The molecule has 0 radical (unpaired) electrons. The molecule has 0 aliphatic rings. The third-order valence-electron chi connectivity index (χ3n) is 1.93. The van der Waals surface area contributed by atoms with Gasteiger partial charge in [0.1, 0.15) is 0 Å². The zero-order chi connectivity index (χ0) is 11.6. The third kappa shape index (κ3) is 2.21.